The maximum Gasteiger partial charge on any atom is 0.326 e. The van der Waals surface area contributed by atoms with Crippen molar-refractivity contribution >= 4 is 16.9 Å². The summed E-state index contributed by atoms with van der Waals surface area (Å²) in [6.07, 6.45) is 5.24. The van der Waals surface area contributed by atoms with Crippen molar-refractivity contribution in [3.05, 3.63) is 34.7 Å². The van der Waals surface area contributed by atoms with Crippen LogP contribution in [0.25, 0.3) is 11.0 Å². The van der Waals surface area contributed by atoms with Gasteiger partial charge in [-0.05, 0) is 43.7 Å². The molecule has 1 aliphatic carbocycles. The summed E-state index contributed by atoms with van der Waals surface area (Å²) in [5.41, 5.74) is 1.36. The van der Waals surface area contributed by atoms with Crippen LogP contribution in [-0.4, -0.2) is 57.5 Å². The summed E-state index contributed by atoms with van der Waals surface area (Å²) in [4.78, 5) is 32.2. The van der Waals surface area contributed by atoms with Gasteiger partial charge in [0.15, 0.2) is 0 Å². The molecular weight excluding hydrogens is 328 g/mol. The summed E-state index contributed by atoms with van der Waals surface area (Å²) in [6.45, 7) is 5.90. The highest BCUT2D eigenvalue weighted by atomic mass is 16.2. The maximum atomic E-state index is 12.7. The third kappa shape index (κ3) is 3.43. The molecule has 2 fully saturated rings. The number of nitrogens with zero attached hydrogens (tertiary/aromatic N) is 3. The number of aromatic nitrogens is 2. The first-order valence-corrected chi connectivity index (χ1v) is 9.81. The number of carbonyl (C=O) groups excluding carboxylic acids is 1. The quantitative estimate of drug-likeness (QED) is 0.916. The minimum absolute atomic E-state index is 0.0359. The van der Waals surface area contributed by atoms with Crippen molar-refractivity contribution in [2.24, 2.45) is 5.92 Å². The Hall–Kier alpha value is -2.08. The van der Waals surface area contributed by atoms with Crippen molar-refractivity contribution in [2.45, 2.75) is 45.2 Å². The van der Waals surface area contributed by atoms with Crippen LogP contribution in [0.3, 0.4) is 0 Å². The van der Waals surface area contributed by atoms with Gasteiger partial charge in [-0.3, -0.25) is 14.3 Å². The van der Waals surface area contributed by atoms with Gasteiger partial charge < -0.3 is 9.88 Å². The number of H-pyrrole nitrogens is 1. The van der Waals surface area contributed by atoms with E-state index in [4.69, 9.17) is 0 Å². The number of piperazine rings is 1. The summed E-state index contributed by atoms with van der Waals surface area (Å²) >= 11 is 0. The van der Waals surface area contributed by atoms with E-state index in [1.165, 1.54) is 25.7 Å². The molecule has 0 atom stereocenters. The number of nitrogens with one attached hydrogen (secondary N) is 1. The first-order valence-electron chi connectivity index (χ1n) is 9.81. The highest BCUT2D eigenvalue weighted by molar-refractivity contribution is 5.80. The van der Waals surface area contributed by atoms with Gasteiger partial charge in [0, 0.05) is 32.2 Å². The van der Waals surface area contributed by atoms with Gasteiger partial charge in [0.1, 0.15) is 6.54 Å². The first-order chi connectivity index (χ1) is 12.6. The van der Waals surface area contributed by atoms with Crippen molar-refractivity contribution in [3.8, 4) is 0 Å². The third-order valence-corrected chi connectivity index (χ3v) is 6.14. The Balaban J connectivity index is 1.36. The van der Waals surface area contributed by atoms with E-state index in [2.05, 4.69) is 16.8 Å². The SMILES string of the molecule is CC1CCC(N2CCN(C(=O)Cn3c(=O)[nH]c4ccccc43)CC2)CC1. The molecule has 6 heteroatoms. The number of imidazole rings is 1. The van der Waals surface area contributed by atoms with Gasteiger partial charge in [-0.2, -0.15) is 0 Å². The molecule has 1 aromatic heterocycles. The molecule has 2 heterocycles. The third-order valence-electron chi connectivity index (χ3n) is 6.14. The van der Waals surface area contributed by atoms with Crippen LogP contribution in [-0.2, 0) is 11.3 Å². The second-order valence-corrected chi connectivity index (χ2v) is 7.86. The number of para-hydroxylation sites is 2. The van der Waals surface area contributed by atoms with Crippen LogP contribution in [0.15, 0.2) is 29.1 Å². The van der Waals surface area contributed by atoms with Gasteiger partial charge in [-0.1, -0.05) is 19.1 Å². The Kier molecular flexibility index (Phi) is 4.85. The van der Waals surface area contributed by atoms with E-state index in [-0.39, 0.29) is 18.1 Å². The molecule has 26 heavy (non-hydrogen) atoms. The van der Waals surface area contributed by atoms with E-state index >= 15 is 0 Å². The maximum absolute atomic E-state index is 12.7. The van der Waals surface area contributed by atoms with Crippen LogP contribution in [0.1, 0.15) is 32.6 Å². The fourth-order valence-electron chi connectivity index (χ4n) is 4.44. The standard InChI is InChI=1S/C20H28N4O2/c1-15-6-8-16(9-7-15)22-10-12-23(13-11-22)19(25)14-24-18-5-3-2-4-17(18)21-20(24)26/h2-5,15-16H,6-14H2,1H3,(H,21,26). The molecule has 0 bridgehead atoms. The molecule has 0 radical (unpaired) electrons. The number of hydrogen-bond donors (Lipinski definition) is 1. The minimum atomic E-state index is -0.213. The fourth-order valence-corrected chi connectivity index (χ4v) is 4.44. The van der Waals surface area contributed by atoms with Crippen molar-refractivity contribution in [1.82, 2.24) is 19.4 Å². The summed E-state index contributed by atoms with van der Waals surface area (Å²) in [5.74, 6) is 0.900. The molecule has 1 saturated heterocycles. The zero-order valence-corrected chi connectivity index (χ0v) is 15.5. The number of carbonyl (C=O) groups is 1. The van der Waals surface area contributed by atoms with Crippen molar-refractivity contribution in [1.29, 1.82) is 0 Å². The average molecular weight is 356 g/mol. The molecule has 140 valence electrons. The molecule has 1 N–H and O–H groups in total. The fraction of sp³-hybridized carbons (Fsp3) is 0.600. The summed E-state index contributed by atoms with van der Waals surface area (Å²) in [6, 6.07) is 8.21. The van der Waals surface area contributed by atoms with Crippen LogP contribution < -0.4 is 5.69 Å². The molecule has 2 aliphatic rings. The molecule has 1 amide bonds. The van der Waals surface area contributed by atoms with E-state index in [0.29, 0.717) is 6.04 Å². The Labute approximate surface area is 153 Å². The van der Waals surface area contributed by atoms with Crippen molar-refractivity contribution < 1.29 is 4.79 Å². The van der Waals surface area contributed by atoms with Crippen molar-refractivity contribution in [2.75, 3.05) is 26.2 Å². The lowest BCUT2D eigenvalue weighted by molar-refractivity contribution is -0.134. The highest BCUT2D eigenvalue weighted by Crippen LogP contribution is 2.27. The van der Waals surface area contributed by atoms with Crippen LogP contribution in [0.2, 0.25) is 0 Å². The minimum Gasteiger partial charge on any atom is -0.339 e. The zero-order chi connectivity index (χ0) is 18.1. The van der Waals surface area contributed by atoms with Gasteiger partial charge in [0.05, 0.1) is 11.0 Å². The van der Waals surface area contributed by atoms with Crippen LogP contribution in [0.4, 0.5) is 0 Å². The molecule has 0 unspecified atom stereocenters. The number of aromatic amines is 1. The Bertz CT molecular complexity index is 824. The Morgan fingerprint density at radius 1 is 1.08 bits per heavy atom. The molecule has 2 aromatic rings. The lowest BCUT2D eigenvalue weighted by atomic mass is 9.86. The second kappa shape index (κ2) is 7.27. The molecule has 1 aromatic carbocycles. The Morgan fingerprint density at radius 3 is 2.50 bits per heavy atom. The summed E-state index contributed by atoms with van der Waals surface area (Å²) in [5, 5.41) is 0. The van der Waals surface area contributed by atoms with Gasteiger partial charge in [-0.15, -0.1) is 0 Å². The normalized spacial score (nSPS) is 24.9. The average Bonchev–Trinajstić information content (AvgIpc) is 2.98. The van der Waals surface area contributed by atoms with Gasteiger partial charge in [0.2, 0.25) is 5.91 Å². The monoisotopic (exact) mass is 356 g/mol. The second-order valence-electron chi connectivity index (χ2n) is 7.86. The predicted molar refractivity (Wildman–Crippen MR) is 102 cm³/mol. The Morgan fingerprint density at radius 2 is 1.77 bits per heavy atom. The number of amides is 1. The lowest BCUT2D eigenvalue weighted by Crippen LogP contribution is -2.53. The molecule has 1 aliphatic heterocycles. The number of rotatable bonds is 3. The van der Waals surface area contributed by atoms with Gasteiger partial charge in [0.25, 0.3) is 0 Å². The summed E-state index contributed by atoms with van der Waals surface area (Å²) < 4.78 is 1.55. The number of hydrogen-bond acceptors (Lipinski definition) is 3. The van der Waals surface area contributed by atoms with E-state index in [1.807, 2.05) is 29.2 Å². The van der Waals surface area contributed by atoms with Gasteiger partial charge >= 0.3 is 5.69 Å². The molecule has 4 rings (SSSR count). The molecular formula is C20H28N4O2. The topological polar surface area (TPSA) is 61.3 Å². The number of fused-ring (bicyclic) bond motifs is 1. The number of benzene rings is 1. The molecule has 0 spiro atoms. The lowest BCUT2D eigenvalue weighted by Gasteiger charge is -2.41. The van der Waals surface area contributed by atoms with E-state index < -0.39 is 0 Å². The summed E-state index contributed by atoms with van der Waals surface area (Å²) in [7, 11) is 0. The van der Waals surface area contributed by atoms with Crippen LogP contribution in [0.5, 0.6) is 0 Å². The predicted octanol–water partition coefficient (Wildman–Crippen LogP) is 2.05. The van der Waals surface area contributed by atoms with Crippen molar-refractivity contribution in [3.63, 3.8) is 0 Å². The van der Waals surface area contributed by atoms with E-state index in [0.717, 1.165) is 43.1 Å². The van der Waals surface area contributed by atoms with Crippen LogP contribution in [0, 0.1) is 5.92 Å². The smallest absolute Gasteiger partial charge is 0.326 e. The highest BCUT2D eigenvalue weighted by Gasteiger charge is 2.28. The molecule has 6 nitrogen and oxygen atoms in total. The first kappa shape index (κ1) is 17.3. The van der Waals surface area contributed by atoms with Crippen LogP contribution >= 0.6 is 0 Å². The van der Waals surface area contributed by atoms with E-state index in [9.17, 15) is 9.59 Å². The van der Waals surface area contributed by atoms with Gasteiger partial charge in [-0.25, -0.2) is 4.79 Å². The molecule has 1 saturated carbocycles. The zero-order valence-electron chi connectivity index (χ0n) is 15.5. The van der Waals surface area contributed by atoms with E-state index in [1.54, 1.807) is 4.57 Å². The largest absolute Gasteiger partial charge is 0.339 e.